The second kappa shape index (κ2) is 8.32. The van der Waals surface area contributed by atoms with Gasteiger partial charge in [0, 0.05) is 25.0 Å². The molecule has 0 aromatic rings. The SMILES string of the molecule is CC(Cl)C1(OC(=O)OC2(C(C)Cl)C=CC([N+](=O)[O-])=CC2)C=CC([N+](=O)[O-])=CC1. The molecule has 28 heavy (non-hydrogen) atoms. The minimum Gasteiger partial charge on any atom is -0.421 e. The number of nitro groups is 2. The third-order valence-corrected chi connectivity index (χ3v) is 5.39. The summed E-state index contributed by atoms with van der Waals surface area (Å²) in [5.41, 5.74) is -2.95. The molecule has 2 aliphatic rings. The van der Waals surface area contributed by atoms with Crippen LogP contribution in [-0.4, -0.2) is 38.0 Å². The maximum absolute atomic E-state index is 12.5. The molecular formula is C17H18Cl2N2O7. The number of alkyl halides is 2. The predicted molar refractivity (Wildman–Crippen MR) is 101 cm³/mol. The molecule has 0 amide bonds. The van der Waals surface area contributed by atoms with E-state index in [-0.39, 0.29) is 24.2 Å². The van der Waals surface area contributed by atoms with Crippen LogP contribution in [0.1, 0.15) is 26.7 Å². The first-order valence-corrected chi connectivity index (χ1v) is 9.16. The normalized spacial score (nSPS) is 28.6. The lowest BCUT2D eigenvalue weighted by Gasteiger charge is -2.37. The smallest absolute Gasteiger partial charge is 0.421 e. The second-order valence-corrected chi connectivity index (χ2v) is 7.75. The maximum Gasteiger partial charge on any atom is 0.510 e. The van der Waals surface area contributed by atoms with Crippen LogP contribution in [-0.2, 0) is 9.47 Å². The first-order valence-electron chi connectivity index (χ1n) is 8.29. The zero-order chi connectivity index (χ0) is 21.1. The van der Waals surface area contributed by atoms with Gasteiger partial charge in [-0.2, -0.15) is 0 Å². The van der Waals surface area contributed by atoms with Crippen molar-refractivity contribution in [1.82, 2.24) is 0 Å². The summed E-state index contributed by atoms with van der Waals surface area (Å²) in [6.07, 6.45) is 6.62. The molecule has 0 fully saturated rings. The second-order valence-electron chi connectivity index (χ2n) is 6.44. The molecule has 0 aromatic heterocycles. The molecule has 4 atom stereocenters. The molecule has 0 bridgehead atoms. The molecule has 152 valence electrons. The Bertz CT molecular complexity index is 739. The van der Waals surface area contributed by atoms with Crippen LogP contribution in [0.25, 0.3) is 0 Å². The molecule has 11 heteroatoms. The van der Waals surface area contributed by atoms with Crippen molar-refractivity contribution < 1.29 is 24.1 Å². The van der Waals surface area contributed by atoms with E-state index >= 15 is 0 Å². The average Bonchev–Trinajstić information content (AvgIpc) is 2.62. The fourth-order valence-electron chi connectivity index (χ4n) is 2.76. The van der Waals surface area contributed by atoms with Crippen molar-refractivity contribution in [3.05, 3.63) is 68.1 Å². The number of hydrogen-bond donors (Lipinski definition) is 0. The highest BCUT2D eigenvalue weighted by atomic mass is 35.5. The van der Waals surface area contributed by atoms with Gasteiger partial charge in [-0.05, 0) is 38.2 Å². The van der Waals surface area contributed by atoms with E-state index < -0.39 is 38.0 Å². The summed E-state index contributed by atoms with van der Waals surface area (Å²) in [6.45, 7) is 3.16. The summed E-state index contributed by atoms with van der Waals surface area (Å²) in [5.74, 6) is 0. The lowest BCUT2D eigenvalue weighted by atomic mass is 9.90. The summed E-state index contributed by atoms with van der Waals surface area (Å²) < 4.78 is 10.9. The number of ether oxygens (including phenoxy) is 2. The van der Waals surface area contributed by atoms with E-state index in [1.165, 1.54) is 36.5 Å². The van der Waals surface area contributed by atoms with Crippen LogP contribution >= 0.6 is 23.2 Å². The van der Waals surface area contributed by atoms with Gasteiger partial charge in [0.1, 0.15) is 0 Å². The number of allylic oxidation sites excluding steroid dienone is 2. The monoisotopic (exact) mass is 432 g/mol. The molecule has 4 unspecified atom stereocenters. The molecule has 0 heterocycles. The topological polar surface area (TPSA) is 122 Å². The molecule has 2 rings (SSSR count). The van der Waals surface area contributed by atoms with Gasteiger partial charge >= 0.3 is 6.16 Å². The van der Waals surface area contributed by atoms with Gasteiger partial charge in [-0.25, -0.2) is 4.79 Å². The standard InChI is InChI=1S/C17H18Cl2N2O7/c1-11(18)16(7-3-13(4-8-16)20(23)24)27-15(22)28-17(12(2)19)9-5-14(6-10-17)21(25)26/h3-7,9,11-12H,8,10H2,1-2H3. The van der Waals surface area contributed by atoms with Crippen molar-refractivity contribution >= 4 is 29.4 Å². The van der Waals surface area contributed by atoms with Gasteiger partial charge in [-0.15, -0.1) is 23.2 Å². The molecule has 0 radical (unpaired) electrons. The molecule has 0 spiro atoms. The molecule has 0 saturated heterocycles. The molecule has 0 saturated carbocycles. The Morgan fingerprint density at radius 1 is 0.964 bits per heavy atom. The van der Waals surface area contributed by atoms with E-state index in [9.17, 15) is 25.0 Å². The van der Waals surface area contributed by atoms with Crippen molar-refractivity contribution in [3.8, 4) is 0 Å². The summed E-state index contributed by atoms with van der Waals surface area (Å²) >= 11 is 12.3. The van der Waals surface area contributed by atoms with Crippen LogP contribution in [0.4, 0.5) is 4.79 Å². The Morgan fingerprint density at radius 3 is 1.54 bits per heavy atom. The number of nitrogens with zero attached hydrogens (tertiary/aromatic N) is 2. The zero-order valence-electron chi connectivity index (χ0n) is 15.0. The number of halogens is 2. The van der Waals surface area contributed by atoms with Crippen molar-refractivity contribution in [2.45, 2.75) is 48.6 Å². The molecule has 2 aliphatic carbocycles. The van der Waals surface area contributed by atoms with Crippen LogP contribution in [0.2, 0.25) is 0 Å². The van der Waals surface area contributed by atoms with E-state index in [1.54, 1.807) is 13.8 Å². The van der Waals surface area contributed by atoms with Gasteiger partial charge in [0.25, 0.3) is 11.4 Å². The average molecular weight is 433 g/mol. The lowest BCUT2D eigenvalue weighted by Crippen LogP contribution is -2.46. The highest BCUT2D eigenvalue weighted by molar-refractivity contribution is 6.21. The van der Waals surface area contributed by atoms with Crippen LogP contribution in [0.3, 0.4) is 0 Å². The predicted octanol–water partition coefficient (Wildman–Crippen LogP) is 4.11. The van der Waals surface area contributed by atoms with E-state index in [0.29, 0.717) is 0 Å². The number of rotatable bonds is 6. The van der Waals surface area contributed by atoms with Crippen LogP contribution in [0, 0.1) is 20.2 Å². The van der Waals surface area contributed by atoms with Crippen molar-refractivity contribution in [2.24, 2.45) is 0 Å². The summed E-state index contributed by atoms with van der Waals surface area (Å²) in [4.78, 5) is 33.1. The first-order chi connectivity index (χ1) is 13.0. The summed E-state index contributed by atoms with van der Waals surface area (Å²) in [5, 5.41) is 20.3. The molecule has 0 aromatic carbocycles. The van der Waals surface area contributed by atoms with Crippen LogP contribution in [0.5, 0.6) is 0 Å². The third-order valence-electron chi connectivity index (χ3n) is 4.65. The van der Waals surface area contributed by atoms with Crippen molar-refractivity contribution in [3.63, 3.8) is 0 Å². The van der Waals surface area contributed by atoms with Gasteiger partial charge in [-0.1, -0.05) is 0 Å². The van der Waals surface area contributed by atoms with Crippen molar-refractivity contribution in [1.29, 1.82) is 0 Å². The van der Waals surface area contributed by atoms with Crippen LogP contribution < -0.4 is 0 Å². The molecule has 0 aliphatic heterocycles. The minimum absolute atomic E-state index is 0.00970. The summed E-state index contributed by atoms with van der Waals surface area (Å²) in [6, 6.07) is 0. The maximum atomic E-state index is 12.5. The van der Waals surface area contributed by atoms with Gasteiger partial charge in [-0.3, -0.25) is 20.2 Å². The molecule has 0 N–H and O–H groups in total. The highest BCUT2D eigenvalue weighted by Gasteiger charge is 2.44. The Kier molecular flexibility index (Phi) is 6.51. The van der Waals surface area contributed by atoms with Gasteiger partial charge in [0.2, 0.25) is 0 Å². The highest BCUT2D eigenvalue weighted by Crippen LogP contribution is 2.36. The largest absolute Gasteiger partial charge is 0.510 e. The van der Waals surface area contributed by atoms with E-state index in [4.69, 9.17) is 32.7 Å². The third kappa shape index (κ3) is 4.53. The number of hydrogen-bond acceptors (Lipinski definition) is 7. The van der Waals surface area contributed by atoms with Gasteiger partial charge in [0.15, 0.2) is 11.2 Å². The quantitative estimate of drug-likeness (QED) is 0.267. The Labute approximate surface area is 170 Å². The summed E-state index contributed by atoms with van der Waals surface area (Å²) in [7, 11) is 0. The van der Waals surface area contributed by atoms with E-state index in [2.05, 4.69) is 0 Å². The zero-order valence-corrected chi connectivity index (χ0v) is 16.6. The van der Waals surface area contributed by atoms with E-state index in [1.807, 2.05) is 0 Å². The molecular weight excluding hydrogens is 415 g/mol. The Hall–Kier alpha value is -2.39. The lowest BCUT2D eigenvalue weighted by molar-refractivity contribution is -0.419. The Balaban J connectivity index is 2.17. The van der Waals surface area contributed by atoms with Crippen molar-refractivity contribution in [2.75, 3.05) is 0 Å². The van der Waals surface area contributed by atoms with Gasteiger partial charge < -0.3 is 9.47 Å². The minimum atomic E-state index is -1.34. The Morgan fingerprint density at radius 2 is 1.32 bits per heavy atom. The number of carbonyl (C=O) groups is 1. The fraction of sp³-hybridized carbons (Fsp3) is 0.471. The van der Waals surface area contributed by atoms with Gasteiger partial charge in [0.05, 0.1) is 20.6 Å². The van der Waals surface area contributed by atoms with Crippen LogP contribution in [0.15, 0.2) is 47.9 Å². The first kappa shape index (κ1) is 21.9. The number of carbonyl (C=O) groups excluding carboxylic acids is 1. The molecule has 9 nitrogen and oxygen atoms in total. The van der Waals surface area contributed by atoms with E-state index in [0.717, 1.165) is 0 Å². The fourth-order valence-corrected chi connectivity index (χ4v) is 3.17.